The first-order valence-electron chi connectivity index (χ1n) is 2.73. The van der Waals surface area contributed by atoms with E-state index in [-0.39, 0.29) is 0 Å². The third kappa shape index (κ3) is 4.61. The highest BCUT2D eigenvalue weighted by molar-refractivity contribution is 5.82. The Morgan fingerprint density at radius 1 is 0.917 bits per heavy atom. The maximum Gasteiger partial charge on any atom is 0.335 e. The van der Waals surface area contributed by atoms with Gasteiger partial charge in [0.2, 0.25) is 0 Å². The van der Waals surface area contributed by atoms with Crippen LogP contribution < -0.4 is 0 Å². The summed E-state index contributed by atoms with van der Waals surface area (Å²) >= 11 is 0. The molecule has 0 aromatic carbocycles. The highest BCUT2D eigenvalue weighted by Gasteiger charge is 2.29. The SMILES string of the molecule is CO.O=C(O)C(O)C(O)C(=O)O. The van der Waals surface area contributed by atoms with Crippen LogP contribution in [0.25, 0.3) is 0 Å². The predicted molar refractivity (Wildman–Crippen MR) is 35.4 cm³/mol. The average molecular weight is 182 g/mol. The molecule has 0 aliphatic heterocycles. The lowest BCUT2D eigenvalue weighted by atomic mass is 10.2. The monoisotopic (exact) mass is 182 g/mol. The van der Waals surface area contributed by atoms with E-state index in [9.17, 15) is 9.59 Å². The molecule has 0 bridgehead atoms. The highest BCUT2D eigenvalue weighted by Crippen LogP contribution is 1.92. The Bertz CT molecular complexity index is 136. The zero-order valence-electron chi connectivity index (χ0n) is 6.21. The van der Waals surface area contributed by atoms with Crippen LogP contribution in [0.5, 0.6) is 0 Å². The van der Waals surface area contributed by atoms with Crippen molar-refractivity contribution in [1.29, 1.82) is 0 Å². The molecule has 5 N–H and O–H groups in total. The number of carboxylic acids is 2. The molecule has 0 aromatic rings. The van der Waals surface area contributed by atoms with Gasteiger partial charge in [-0.2, -0.15) is 0 Å². The lowest BCUT2D eigenvalue weighted by molar-refractivity contribution is -0.165. The van der Waals surface area contributed by atoms with E-state index in [0.717, 1.165) is 7.11 Å². The summed E-state index contributed by atoms with van der Waals surface area (Å²) in [5, 5.41) is 39.5. The predicted octanol–water partition coefficient (Wildman–Crippen LogP) is -2.51. The number of hydrogen-bond donors (Lipinski definition) is 5. The van der Waals surface area contributed by atoms with Crippen molar-refractivity contribution in [2.24, 2.45) is 0 Å². The van der Waals surface area contributed by atoms with E-state index >= 15 is 0 Å². The normalized spacial score (nSPS) is 13.7. The summed E-state index contributed by atoms with van der Waals surface area (Å²) in [5.41, 5.74) is 0. The van der Waals surface area contributed by atoms with Gasteiger partial charge in [-0.1, -0.05) is 0 Å². The summed E-state index contributed by atoms with van der Waals surface area (Å²) in [7, 11) is 1.00. The molecule has 0 aliphatic carbocycles. The molecule has 2 atom stereocenters. The number of hydrogen-bond acceptors (Lipinski definition) is 5. The molecule has 7 heteroatoms. The fourth-order valence-electron chi connectivity index (χ4n) is 0.270. The number of rotatable bonds is 3. The third-order valence-electron chi connectivity index (χ3n) is 0.805. The van der Waals surface area contributed by atoms with Gasteiger partial charge in [-0.15, -0.1) is 0 Å². The number of aliphatic carboxylic acids is 2. The number of aliphatic hydroxyl groups is 3. The second-order valence-corrected chi connectivity index (χ2v) is 1.57. The van der Waals surface area contributed by atoms with Crippen LogP contribution in [0.3, 0.4) is 0 Å². The molecule has 0 saturated heterocycles. The Morgan fingerprint density at radius 3 is 1.17 bits per heavy atom. The van der Waals surface area contributed by atoms with Crippen molar-refractivity contribution in [1.82, 2.24) is 0 Å². The largest absolute Gasteiger partial charge is 0.479 e. The van der Waals surface area contributed by atoms with Crippen LogP contribution in [0, 0.1) is 0 Å². The quantitative estimate of drug-likeness (QED) is 0.325. The fraction of sp³-hybridized carbons (Fsp3) is 0.600. The van der Waals surface area contributed by atoms with Crippen LogP contribution in [-0.4, -0.2) is 56.8 Å². The molecule has 0 saturated carbocycles. The van der Waals surface area contributed by atoms with E-state index in [4.69, 9.17) is 25.5 Å². The van der Waals surface area contributed by atoms with Crippen LogP contribution >= 0.6 is 0 Å². The summed E-state index contributed by atoms with van der Waals surface area (Å²) in [6.07, 6.45) is -4.53. The Morgan fingerprint density at radius 2 is 1.08 bits per heavy atom. The van der Waals surface area contributed by atoms with E-state index < -0.39 is 24.1 Å². The summed E-state index contributed by atoms with van der Waals surface area (Å²) in [5.74, 6) is -3.54. The second kappa shape index (κ2) is 6.53. The second-order valence-electron chi connectivity index (χ2n) is 1.57. The van der Waals surface area contributed by atoms with Crippen LogP contribution in [0.15, 0.2) is 0 Å². The molecule has 0 radical (unpaired) electrons. The minimum atomic E-state index is -2.27. The molecule has 7 nitrogen and oxygen atoms in total. The lowest BCUT2D eigenvalue weighted by Crippen LogP contribution is -2.39. The van der Waals surface area contributed by atoms with E-state index in [0.29, 0.717) is 0 Å². The van der Waals surface area contributed by atoms with Crippen molar-refractivity contribution < 1.29 is 35.1 Å². The Hall–Kier alpha value is -1.18. The molecule has 2 unspecified atom stereocenters. The van der Waals surface area contributed by atoms with Gasteiger partial charge in [0.15, 0.2) is 12.2 Å². The third-order valence-corrected chi connectivity index (χ3v) is 0.805. The summed E-state index contributed by atoms with van der Waals surface area (Å²) in [6, 6.07) is 0. The van der Waals surface area contributed by atoms with E-state index in [1.165, 1.54) is 0 Å². The van der Waals surface area contributed by atoms with Crippen molar-refractivity contribution >= 4 is 11.9 Å². The van der Waals surface area contributed by atoms with E-state index in [1.807, 2.05) is 0 Å². The zero-order chi connectivity index (χ0) is 10.3. The molecule has 0 aliphatic rings. The number of carboxylic acid groups (broad SMARTS) is 2. The van der Waals surface area contributed by atoms with Gasteiger partial charge < -0.3 is 25.5 Å². The van der Waals surface area contributed by atoms with Crippen LogP contribution in [-0.2, 0) is 9.59 Å². The lowest BCUT2D eigenvalue weighted by Gasteiger charge is -2.07. The van der Waals surface area contributed by atoms with Gasteiger partial charge in [0.05, 0.1) is 0 Å². The number of aliphatic hydroxyl groups excluding tert-OH is 3. The highest BCUT2D eigenvalue weighted by atomic mass is 16.4. The molecule has 0 fully saturated rings. The molecule has 0 amide bonds. The topological polar surface area (TPSA) is 135 Å². The average Bonchev–Trinajstić information content (AvgIpc) is 2.05. The van der Waals surface area contributed by atoms with E-state index in [2.05, 4.69) is 0 Å². The molecule has 0 spiro atoms. The fourth-order valence-corrected chi connectivity index (χ4v) is 0.270. The van der Waals surface area contributed by atoms with Crippen molar-refractivity contribution in [3.8, 4) is 0 Å². The van der Waals surface area contributed by atoms with Crippen LogP contribution in [0.1, 0.15) is 0 Å². The van der Waals surface area contributed by atoms with Gasteiger partial charge in [0.25, 0.3) is 0 Å². The first kappa shape index (κ1) is 13.4. The first-order valence-corrected chi connectivity index (χ1v) is 2.73. The standard InChI is InChI=1S/C4H6O6.CH4O/c5-1(3(7)8)2(6)4(9)10;1-2/h1-2,5-6H,(H,7,8)(H,9,10);2H,1H3. The van der Waals surface area contributed by atoms with Crippen molar-refractivity contribution in [3.63, 3.8) is 0 Å². The summed E-state index contributed by atoms with van der Waals surface area (Å²) in [4.78, 5) is 19.5. The van der Waals surface area contributed by atoms with Crippen molar-refractivity contribution in [2.75, 3.05) is 7.11 Å². The molecule has 0 aromatic heterocycles. The van der Waals surface area contributed by atoms with Gasteiger partial charge in [0, 0.05) is 7.11 Å². The van der Waals surface area contributed by atoms with Gasteiger partial charge in [0.1, 0.15) is 0 Å². The van der Waals surface area contributed by atoms with Crippen molar-refractivity contribution in [2.45, 2.75) is 12.2 Å². The van der Waals surface area contributed by atoms with E-state index in [1.54, 1.807) is 0 Å². The maximum atomic E-state index is 9.77. The zero-order valence-corrected chi connectivity index (χ0v) is 6.21. The molecular weight excluding hydrogens is 172 g/mol. The first-order chi connectivity index (χ1) is 5.46. The van der Waals surface area contributed by atoms with Gasteiger partial charge in [-0.25, -0.2) is 9.59 Å². The molecule has 0 heterocycles. The van der Waals surface area contributed by atoms with Gasteiger partial charge in [-0.3, -0.25) is 0 Å². The Balaban J connectivity index is 0. The Kier molecular flexibility index (Phi) is 7.29. The summed E-state index contributed by atoms with van der Waals surface area (Å²) < 4.78 is 0. The molecule has 12 heavy (non-hydrogen) atoms. The summed E-state index contributed by atoms with van der Waals surface area (Å²) in [6.45, 7) is 0. The molecule has 72 valence electrons. The van der Waals surface area contributed by atoms with Crippen molar-refractivity contribution in [3.05, 3.63) is 0 Å². The van der Waals surface area contributed by atoms with Crippen LogP contribution in [0.2, 0.25) is 0 Å². The smallest absolute Gasteiger partial charge is 0.335 e. The molecule has 0 rings (SSSR count). The Labute approximate surface area is 67.5 Å². The minimum Gasteiger partial charge on any atom is -0.479 e. The van der Waals surface area contributed by atoms with Crippen LogP contribution in [0.4, 0.5) is 0 Å². The van der Waals surface area contributed by atoms with Gasteiger partial charge >= 0.3 is 11.9 Å². The van der Waals surface area contributed by atoms with Gasteiger partial charge in [-0.05, 0) is 0 Å². The number of carbonyl (C=O) groups is 2. The maximum absolute atomic E-state index is 9.77. The minimum absolute atomic E-state index is 1.00. The molecular formula is C5H10O7.